The first kappa shape index (κ1) is 19.3. The molecule has 0 bridgehead atoms. The number of halogens is 3. The summed E-state index contributed by atoms with van der Waals surface area (Å²) in [6.45, 7) is 1.57. The molecule has 3 N–H and O–H groups in total. The first-order valence-electron chi connectivity index (χ1n) is 7.83. The van der Waals surface area contributed by atoms with Crippen LogP contribution in [-0.4, -0.2) is 28.6 Å². The van der Waals surface area contributed by atoms with E-state index in [0.717, 1.165) is 17.7 Å². The van der Waals surface area contributed by atoms with Gasteiger partial charge in [0.05, 0.1) is 11.6 Å². The summed E-state index contributed by atoms with van der Waals surface area (Å²) in [6.07, 6.45) is -3.05. The fourth-order valence-electron chi connectivity index (χ4n) is 2.25. The summed E-state index contributed by atoms with van der Waals surface area (Å²) in [6, 6.07) is 13.9. The highest BCUT2D eigenvalue weighted by molar-refractivity contribution is 5.72. The number of hydrazone groups is 1. The number of benzene rings is 2. The van der Waals surface area contributed by atoms with E-state index in [2.05, 4.69) is 10.7 Å². The normalized spacial score (nSPS) is 13.2. The number of hydrazine groups is 1. The van der Waals surface area contributed by atoms with Crippen molar-refractivity contribution < 1.29 is 27.8 Å². The van der Waals surface area contributed by atoms with E-state index in [4.69, 9.17) is 5.11 Å². The summed E-state index contributed by atoms with van der Waals surface area (Å²) < 4.78 is 39.6. The standard InChI is InChI=1S/C18H18F3N3O2/c1-13(14-5-3-2-4-6-14)23-24(12-22-11-17(25)26)16-9-7-15(8-10-16)18(19,20)21/h2-10,12-13,23H,11H2,1H3,(H,25,26)/p+1/t13-/m0/s1. The van der Waals surface area contributed by atoms with Crippen LogP contribution in [0.15, 0.2) is 54.6 Å². The molecule has 0 unspecified atom stereocenters. The number of hydrogen-bond donors (Lipinski definition) is 3. The Hall–Kier alpha value is -3.03. The molecule has 138 valence electrons. The maximum absolute atomic E-state index is 12.7. The number of nitrogens with zero attached hydrogens (tertiary/aromatic N) is 1. The molecule has 5 nitrogen and oxygen atoms in total. The summed E-state index contributed by atoms with van der Waals surface area (Å²) in [5.74, 6) is -1.05. The summed E-state index contributed by atoms with van der Waals surface area (Å²) in [5.41, 5.74) is 3.77. The van der Waals surface area contributed by atoms with Gasteiger partial charge in [-0.25, -0.2) is 10.2 Å². The van der Waals surface area contributed by atoms with Gasteiger partial charge in [0, 0.05) is 0 Å². The lowest BCUT2D eigenvalue weighted by atomic mass is 10.1. The Labute approximate surface area is 148 Å². The monoisotopic (exact) mass is 366 g/mol. The molecule has 0 saturated heterocycles. The van der Waals surface area contributed by atoms with Crippen molar-refractivity contribution in [3.63, 3.8) is 0 Å². The van der Waals surface area contributed by atoms with Crippen molar-refractivity contribution in [2.45, 2.75) is 19.1 Å². The molecular formula is C18H19F3N3O2+. The molecule has 26 heavy (non-hydrogen) atoms. The lowest BCUT2D eigenvalue weighted by molar-refractivity contribution is -0.512. The molecule has 0 aliphatic heterocycles. The highest BCUT2D eigenvalue weighted by Gasteiger charge is 2.30. The Bertz CT molecular complexity index is 760. The first-order valence-corrected chi connectivity index (χ1v) is 7.83. The SMILES string of the molecule is C[C@H](N[N+](=CNCC(=O)O)c1ccc(C(F)(F)F)cc1)c1ccccc1. The van der Waals surface area contributed by atoms with Gasteiger partial charge in [-0.15, -0.1) is 4.68 Å². The topological polar surface area (TPSA) is 64.4 Å². The van der Waals surface area contributed by atoms with E-state index >= 15 is 0 Å². The third-order valence-electron chi connectivity index (χ3n) is 3.58. The van der Waals surface area contributed by atoms with Crippen LogP contribution in [0.2, 0.25) is 0 Å². The Morgan fingerprint density at radius 3 is 2.31 bits per heavy atom. The Balaban J connectivity index is 2.24. The first-order chi connectivity index (χ1) is 12.3. The fraction of sp³-hybridized carbons (Fsp3) is 0.222. The average Bonchev–Trinajstić information content (AvgIpc) is 2.60. The van der Waals surface area contributed by atoms with Gasteiger partial charge in [-0.3, -0.25) is 5.32 Å². The summed E-state index contributed by atoms with van der Waals surface area (Å²) in [7, 11) is 0. The van der Waals surface area contributed by atoms with E-state index < -0.39 is 17.7 Å². The maximum Gasteiger partial charge on any atom is 0.416 e. The molecule has 0 aliphatic carbocycles. The Kier molecular flexibility index (Phi) is 6.21. The molecule has 2 aromatic rings. The van der Waals surface area contributed by atoms with E-state index in [9.17, 15) is 18.0 Å². The van der Waals surface area contributed by atoms with Gasteiger partial charge in [-0.05, 0) is 36.8 Å². The van der Waals surface area contributed by atoms with Crippen molar-refractivity contribution in [3.05, 3.63) is 65.7 Å². The van der Waals surface area contributed by atoms with E-state index in [0.29, 0.717) is 5.69 Å². The van der Waals surface area contributed by atoms with Gasteiger partial charge >= 0.3 is 12.1 Å². The number of nitrogens with one attached hydrogen (secondary N) is 2. The van der Waals surface area contributed by atoms with Crippen molar-refractivity contribution >= 4 is 18.0 Å². The van der Waals surface area contributed by atoms with Crippen LogP contribution >= 0.6 is 0 Å². The van der Waals surface area contributed by atoms with E-state index in [1.165, 1.54) is 23.2 Å². The number of carbonyl (C=O) groups is 1. The van der Waals surface area contributed by atoms with Crippen molar-refractivity contribution in [2.24, 2.45) is 0 Å². The van der Waals surface area contributed by atoms with Crippen molar-refractivity contribution in [3.8, 4) is 0 Å². The molecule has 0 saturated carbocycles. The van der Waals surface area contributed by atoms with E-state index in [1.54, 1.807) is 0 Å². The second-order valence-electron chi connectivity index (χ2n) is 5.58. The minimum atomic E-state index is -4.42. The third kappa shape index (κ3) is 5.51. The van der Waals surface area contributed by atoms with Gasteiger partial charge in [0.1, 0.15) is 0 Å². The largest absolute Gasteiger partial charge is 0.478 e. The van der Waals surface area contributed by atoms with Crippen LogP contribution < -0.4 is 10.7 Å². The summed E-state index contributed by atoms with van der Waals surface area (Å²) >= 11 is 0. The van der Waals surface area contributed by atoms with Gasteiger partial charge in [-0.2, -0.15) is 13.2 Å². The van der Waals surface area contributed by atoms with Crippen LogP contribution in [-0.2, 0) is 11.0 Å². The zero-order valence-corrected chi connectivity index (χ0v) is 14.0. The van der Waals surface area contributed by atoms with Crippen LogP contribution in [0, 0.1) is 0 Å². The lowest BCUT2D eigenvalue weighted by Gasteiger charge is -2.17. The molecule has 8 heteroatoms. The predicted molar refractivity (Wildman–Crippen MR) is 91.1 cm³/mol. The molecule has 0 amide bonds. The van der Waals surface area contributed by atoms with E-state index in [1.807, 2.05) is 37.3 Å². The molecule has 0 fully saturated rings. The molecule has 0 spiro atoms. The van der Waals surface area contributed by atoms with Crippen molar-refractivity contribution in [2.75, 3.05) is 6.54 Å². The summed E-state index contributed by atoms with van der Waals surface area (Å²) in [4.78, 5) is 10.7. The number of aliphatic carboxylic acids is 1. The number of alkyl halides is 3. The van der Waals surface area contributed by atoms with Crippen LogP contribution in [0.3, 0.4) is 0 Å². The second-order valence-corrected chi connectivity index (χ2v) is 5.58. The quantitative estimate of drug-likeness (QED) is 0.304. The second kappa shape index (κ2) is 8.37. The third-order valence-corrected chi connectivity index (χ3v) is 3.58. The molecule has 0 aromatic heterocycles. The van der Waals surface area contributed by atoms with Crippen molar-refractivity contribution in [1.82, 2.24) is 10.7 Å². The minimum absolute atomic E-state index is 0.165. The predicted octanol–water partition coefficient (Wildman–Crippen LogP) is 3.32. The van der Waals surface area contributed by atoms with Gasteiger partial charge in [0.2, 0.25) is 0 Å². The highest BCUT2D eigenvalue weighted by Crippen LogP contribution is 2.30. The van der Waals surface area contributed by atoms with Crippen LogP contribution in [0.25, 0.3) is 0 Å². The number of carboxylic acids is 1. The fourth-order valence-corrected chi connectivity index (χ4v) is 2.25. The smallest absolute Gasteiger partial charge is 0.416 e. The molecule has 0 aliphatic rings. The molecule has 2 aromatic carbocycles. The average molecular weight is 366 g/mol. The molecule has 0 heterocycles. The zero-order chi connectivity index (χ0) is 19.2. The van der Waals surface area contributed by atoms with Gasteiger partial charge in [0.15, 0.2) is 12.2 Å². The molecule has 1 atom stereocenters. The van der Waals surface area contributed by atoms with Crippen molar-refractivity contribution in [1.29, 1.82) is 0 Å². The number of hydrogen-bond acceptors (Lipinski definition) is 2. The number of carboxylic acid groups (broad SMARTS) is 1. The van der Waals surface area contributed by atoms with Gasteiger partial charge in [-0.1, -0.05) is 30.3 Å². The van der Waals surface area contributed by atoms with Gasteiger partial charge in [0.25, 0.3) is 6.34 Å². The Morgan fingerprint density at radius 2 is 1.77 bits per heavy atom. The number of rotatable bonds is 7. The lowest BCUT2D eigenvalue weighted by Crippen LogP contribution is -2.34. The molecule has 0 radical (unpaired) electrons. The highest BCUT2D eigenvalue weighted by atomic mass is 19.4. The van der Waals surface area contributed by atoms with Gasteiger partial charge < -0.3 is 5.11 Å². The summed E-state index contributed by atoms with van der Waals surface area (Å²) in [5, 5.41) is 11.3. The van der Waals surface area contributed by atoms with Crippen LogP contribution in [0.4, 0.5) is 18.9 Å². The van der Waals surface area contributed by atoms with E-state index in [-0.39, 0.29) is 12.6 Å². The molecule has 2 rings (SSSR count). The van der Waals surface area contributed by atoms with Crippen LogP contribution in [0.5, 0.6) is 0 Å². The Morgan fingerprint density at radius 1 is 1.15 bits per heavy atom. The maximum atomic E-state index is 12.7. The zero-order valence-electron chi connectivity index (χ0n) is 14.0. The van der Waals surface area contributed by atoms with Crippen LogP contribution in [0.1, 0.15) is 24.1 Å². The minimum Gasteiger partial charge on any atom is -0.478 e. The molecular weight excluding hydrogens is 347 g/mol.